The van der Waals surface area contributed by atoms with Crippen molar-refractivity contribution in [3.05, 3.63) is 29.8 Å². The Hall–Kier alpha value is -1.02. The number of hydrogen-bond donors (Lipinski definition) is 1. The molecule has 1 fully saturated rings. The molecule has 0 heterocycles. The second-order valence-electron chi connectivity index (χ2n) is 7.13. The molecule has 0 radical (unpaired) electrons. The summed E-state index contributed by atoms with van der Waals surface area (Å²) in [5.74, 6) is 1.78. The molecule has 1 aromatic rings. The maximum Gasteiger partial charge on any atom is 0.118 e. The lowest BCUT2D eigenvalue weighted by Gasteiger charge is -2.48. The Morgan fingerprint density at radius 1 is 1.21 bits per heavy atom. The summed E-state index contributed by atoms with van der Waals surface area (Å²) in [4.78, 5) is 0. The predicted molar refractivity (Wildman–Crippen MR) is 80.8 cm³/mol. The van der Waals surface area contributed by atoms with Crippen LogP contribution in [0.25, 0.3) is 0 Å². The Bertz CT molecular complexity index is 410. The van der Waals surface area contributed by atoms with E-state index < -0.39 is 0 Å². The van der Waals surface area contributed by atoms with E-state index in [0.717, 1.165) is 18.2 Å². The molecule has 1 aliphatic rings. The Morgan fingerprint density at radius 2 is 1.79 bits per heavy atom. The highest BCUT2D eigenvalue weighted by molar-refractivity contribution is 5.35. The van der Waals surface area contributed by atoms with Crippen LogP contribution in [0.4, 0.5) is 0 Å². The standard InChI is InChI=1S/C17H27NO/c1-13-10-17(11-13,12-18-16(2,3)4)14-6-8-15(19-5)9-7-14/h6-9,13,18H,10-12H2,1-5H3. The summed E-state index contributed by atoms with van der Waals surface area (Å²) >= 11 is 0. The quantitative estimate of drug-likeness (QED) is 0.891. The van der Waals surface area contributed by atoms with E-state index in [4.69, 9.17) is 4.74 Å². The Labute approximate surface area is 117 Å². The summed E-state index contributed by atoms with van der Waals surface area (Å²) in [5, 5.41) is 3.68. The van der Waals surface area contributed by atoms with Crippen molar-refractivity contribution in [3.63, 3.8) is 0 Å². The minimum absolute atomic E-state index is 0.179. The fraction of sp³-hybridized carbons (Fsp3) is 0.647. The van der Waals surface area contributed by atoms with Gasteiger partial charge in [0.15, 0.2) is 0 Å². The van der Waals surface area contributed by atoms with Gasteiger partial charge in [0.25, 0.3) is 0 Å². The maximum absolute atomic E-state index is 5.25. The van der Waals surface area contributed by atoms with Crippen LogP contribution < -0.4 is 10.1 Å². The first kappa shape index (κ1) is 14.4. The number of benzene rings is 1. The predicted octanol–water partition coefficient (Wildman–Crippen LogP) is 3.75. The van der Waals surface area contributed by atoms with Crippen molar-refractivity contribution in [2.45, 2.75) is 51.5 Å². The Kier molecular flexibility index (Phi) is 3.91. The number of rotatable bonds is 4. The molecule has 106 valence electrons. The first-order valence-corrected chi connectivity index (χ1v) is 7.24. The van der Waals surface area contributed by atoms with E-state index in [1.54, 1.807) is 7.11 Å². The largest absolute Gasteiger partial charge is 0.497 e. The molecule has 0 spiro atoms. The van der Waals surface area contributed by atoms with Crippen LogP contribution in [0.5, 0.6) is 5.75 Å². The second-order valence-corrected chi connectivity index (χ2v) is 7.13. The van der Waals surface area contributed by atoms with Crippen molar-refractivity contribution in [1.82, 2.24) is 5.32 Å². The third-order valence-corrected chi connectivity index (χ3v) is 4.14. The van der Waals surface area contributed by atoms with Crippen LogP contribution in [0, 0.1) is 5.92 Å². The zero-order valence-electron chi connectivity index (χ0n) is 12.9. The summed E-state index contributed by atoms with van der Waals surface area (Å²) < 4.78 is 5.25. The zero-order chi connectivity index (χ0) is 14.1. The summed E-state index contributed by atoms with van der Waals surface area (Å²) in [6.07, 6.45) is 2.56. The zero-order valence-corrected chi connectivity index (χ0v) is 12.9. The summed E-state index contributed by atoms with van der Waals surface area (Å²) in [7, 11) is 1.72. The maximum atomic E-state index is 5.25. The molecule has 2 nitrogen and oxygen atoms in total. The van der Waals surface area contributed by atoms with Gasteiger partial charge in [0.2, 0.25) is 0 Å². The lowest BCUT2D eigenvalue weighted by molar-refractivity contribution is 0.142. The molecule has 0 aliphatic heterocycles. The van der Waals surface area contributed by atoms with Crippen molar-refractivity contribution in [2.24, 2.45) is 5.92 Å². The second kappa shape index (κ2) is 5.16. The fourth-order valence-corrected chi connectivity index (χ4v) is 3.14. The highest BCUT2D eigenvalue weighted by Gasteiger charge is 2.43. The topological polar surface area (TPSA) is 21.3 Å². The van der Waals surface area contributed by atoms with E-state index in [-0.39, 0.29) is 5.54 Å². The van der Waals surface area contributed by atoms with Gasteiger partial charge in [-0.3, -0.25) is 0 Å². The molecule has 0 unspecified atom stereocenters. The molecule has 1 saturated carbocycles. The van der Waals surface area contributed by atoms with Gasteiger partial charge in [-0.25, -0.2) is 0 Å². The number of nitrogens with one attached hydrogen (secondary N) is 1. The SMILES string of the molecule is COc1ccc(C2(CNC(C)(C)C)CC(C)C2)cc1. The first-order chi connectivity index (χ1) is 8.85. The van der Waals surface area contributed by atoms with Crippen LogP contribution in [-0.2, 0) is 5.41 Å². The van der Waals surface area contributed by atoms with Gasteiger partial charge in [0.1, 0.15) is 5.75 Å². The molecule has 1 aliphatic carbocycles. The van der Waals surface area contributed by atoms with Crippen LogP contribution in [0.2, 0.25) is 0 Å². The minimum atomic E-state index is 0.179. The van der Waals surface area contributed by atoms with Crippen molar-refractivity contribution < 1.29 is 4.74 Å². The lowest BCUT2D eigenvalue weighted by Crippen LogP contribution is -2.52. The average molecular weight is 261 g/mol. The van der Waals surface area contributed by atoms with Crippen molar-refractivity contribution in [3.8, 4) is 5.75 Å². The molecule has 2 heteroatoms. The van der Waals surface area contributed by atoms with Gasteiger partial charge in [0.05, 0.1) is 7.11 Å². The normalized spacial score (nSPS) is 26.9. The molecule has 0 aromatic heterocycles. The third kappa shape index (κ3) is 3.30. The molecule has 1 N–H and O–H groups in total. The minimum Gasteiger partial charge on any atom is -0.497 e. The number of hydrogen-bond acceptors (Lipinski definition) is 2. The van der Waals surface area contributed by atoms with Crippen molar-refractivity contribution >= 4 is 0 Å². The van der Waals surface area contributed by atoms with Crippen molar-refractivity contribution in [1.29, 1.82) is 0 Å². The van der Waals surface area contributed by atoms with E-state index in [9.17, 15) is 0 Å². The molecule has 0 amide bonds. The Balaban J connectivity index is 2.14. The van der Waals surface area contributed by atoms with Gasteiger partial charge in [0, 0.05) is 17.5 Å². The van der Waals surface area contributed by atoms with Crippen LogP contribution in [-0.4, -0.2) is 19.2 Å². The van der Waals surface area contributed by atoms with Gasteiger partial charge in [-0.15, -0.1) is 0 Å². The summed E-state index contributed by atoms with van der Waals surface area (Å²) in [5.41, 5.74) is 1.94. The molecule has 2 rings (SSSR count). The van der Waals surface area contributed by atoms with E-state index >= 15 is 0 Å². The molecule has 0 bridgehead atoms. The summed E-state index contributed by atoms with van der Waals surface area (Å²) in [6.45, 7) is 10.1. The van der Waals surface area contributed by atoms with Crippen LogP contribution in [0.15, 0.2) is 24.3 Å². The van der Waals surface area contributed by atoms with Gasteiger partial charge < -0.3 is 10.1 Å². The van der Waals surface area contributed by atoms with Crippen LogP contribution in [0.3, 0.4) is 0 Å². The van der Waals surface area contributed by atoms with Crippen LogP contribution in [0.1, 0.15) is 46.1 Å². The van der Waals surface area contributed by atoms with Crippen LogP contribution >= 0.6 is 0 Å². The van der Waals surface area contributed by atoms with Gasteiger partial charge in [-0.1, -0.05) is 19.1 Å². The van der Waals surface area contributed by atoms with Crippen molar-refractivity contribution in [2.75, 3.05) is 13.7 Å². The van der Waals surface area contributed by atoms with Gasteiger partial charge in [-0.2, -0.15) is 0 Å². The van der Waals surface area contributed by atoms with E-state index in [1.165, 1.54) is 18.4 Å². The van der Waals surface area contributed by atoms with E-state index in [1.807, 2.05) is 0 Å². The number of ether oxygens (including phenoxy) is 1. The van der Waals surface area contributed by atoms with Gasteiger partial charge in [-0.05, 0) is 57.2 Å². The molecule has 1 aromatic carbocycles. The number of methoxy groups -OCH3 is 1. The third-order valence-electron chi connectivity index (χ3n) is 4.14. The summed E-state index contributed by atoms with van der Waals surface area (Å²) in [6, 6.07) is 8.62. The monoisotopic (exact) mass is 261 g/mol. The average Bonchev–Trinajstić information content (AvgIpc) is 2.32. The lowest BCUT2D eigenvalue weighted by atomic mass is 9.59. The smallest absolute Gasteiger partial charge is 0.118 e. The molecule has 0 saturated heterocycles. The highest BCUT2D eigenvalue weighted by atomic mass is 16.5. The highest BCUT2D eigenvalue weighted by Crippen LogP contribution is 2.47. The molecule has 19 heavy (non-hydrogen) atoms. The fourth-order valence-electron chi connectivity index (χ4n) is 3.14. The van der Waals surface area contributed by atoms with Gasteiger partial charge >= 0.3 is 0 Å². The Morgan fingerprint density at radius 3 is 2.21 bits per heavy atom. The van der Waals surface area contributed by atoms with E-state index in [0.29, 0.717) is 5.41 Å². The molecular formula is C17H27NO. The first-order valence-electron chi connectivity index (χ1n) is 7.24. The molecule has 0 atom stereocenters. The van der Waals surface area contributed by atoms with E-state index in [2.05, 4.69) is 57.3 Å². The molecular weight excluding hydrogens is 234 g/mol.